The van der Waals surface area contributed by atoms with E-state index in [1.54, 1.807) is 13.8 Å². The first-order valence-corrected chi connectivity index (χ1v) is 5.55. The van der Waals surface area contributed by atoms with E-state index in [9.17, 15) is 22.4 Å². The van der Waals surface area contributed by atoms with Gasteiger partial charge in [-0.15, -0.1) is 0 Å². The van der Waals surface area contributed by atoms with Crippen molar-refractivity contribution in [1.29, 1.82) is 0 Å². The maximum atomic E-state index is 13.1. The fourth-order valence-corrected chi connectivity index (χ4v) is 1.35. The molecule has 0 fully saturated rings. The first-order valence-electron chi connectivity index (χ1n) is 5.55. The Balaban J connectivity index is 2.97. The average Bonchev–Trinajstić information content (AvgIpc) is 2.25. The topological polar surface area (TPSA) is 55.1 Å². The average molecular weight is 278 g/mol. The fraction of sp³-hybridized carbons (Fsp3) is 0.417. The van der Waals surface area contributed by atoms with Crippen LogP contribution in [0.15, 0.2) is 18.2 Å². The van der Waals surface area contributed by atoms with Gasteiger partial charge in [0.2, 0.25) is 5.91 Å². The Bertz CT molecular complexity index is 471. The van der Waals surface area contributed by atoms with Crippen LogP contribution >= 0.6 is 0 Å². The van der Waals surface area contributed by atoms with Crippen molar-refractivity contribution in [3.8, 4) is 0 Å². The van der Waals surface area contributed by atoms with Gasteiger partial charge in [0.05, 0.1) is 11.6 Å². The van der Waals surface area contributed by atoms with Crippen molar-refractivity contribution in [2.24, 2.45) is 11.7 Å². The predicted molar refractivity (Wildman–Crippen MR) is 62.8 cm³/mol. The SMILES string of the molecule is CC(C)[C@H](N)C(=O)Nc1cc(F)cc(C(F)(F)F)c1. The Labute approximate surface area is 107 Å². The zero-order valence-electron chi connectivity index (χ0n) is 10.4. The van der Waals surface area contributed by atoms with E-state index in [0.29, 0.717) is 12.1 Å². The second-order valence-corrected chi connectivity index (χ2v) is 4.49. The third kappa shape index (κ3) is 4.20. The molecule has 0 aliphatic carbocycles. The minimum Gasteiger partial charge on any atom is -0.325 e. The molecule has 1 atom stereocenters. The second-order valence-electron chi connectivity index (χ2n) is 4.49. The van der Waals surface area contributed by atoms with Gasteiger partial charge in [-0.1, -0.05) is 13.8 Å². The van der Waals surface area contributed by atoms with Crippen LogP contribution in [-0.4, -0.2) is 11.9 Å². The van der Waals surface area contributed by atoms with Crippen LogP contribution in [0.25, 0.3) is 0 Å². The van der Waals surface area contributed by atoms with Crippen LogP contribution in [-0.2, 0) is 11.0 Å². The molecule has 1 rings (SSSR count). The molecule has 3 nitrogen and oxygen atoms in total. The lowest BCUT2D eigenvalue weighted by molar-refractivity contribution is -0.137. The van der Waals surface area contributed by atoms with Crippen molar-refractivity contribution in [3.05, 3.63) is 29.6 Å². The summed E-state index contributed by atoms with van der Waals surface area (Å²) >= 11 is 0. The molecule has 0 unspecified atom stereocenters. The Hall–Kier alpha value is -1.63. The number of halogens is 4. The number of nitrogens with two attached hydrogens (primary N) is 1. The summed E-state index contributed by atoms with van der Waals surface area (Å²) in [4.78, 5) is 11.6. The molecule has 7 heteroatoms. The molecule has 1 aromatic carbocycles. The lowest BCUT2D eigenvalue weighted by Crippen LogP contribution is -2.39. The standard InChI is InChI=1S/C12H14F4N2O/c1-6(2)10(17)11(19)18-9-4-7(12(14,15)16)3-8(13)5-9/h3-6,10H,17H2,1-2H3,(H,18,19)/t10-/m0/s1. The molecule has 0 heterocycles. The molecule has 0 radical (unpaired) electrons. The summed E-state index contributed by atoms with van der Waals surface area (Å²) in [6.45, 7) is 3.38. The van der Waals surface area contributed by atoms with Crippen LogP contribution < -0.4 is 11.1 Å². The first kappa shape index (κ1) is 15.4. The summed E-state index contributed by atoms with van der Waals surface area (Å²) in [5.41, 5.74) is 4.11. The van der Waals surface area contributed by atoms with Crippen LogP contribution in [0.4, 0.5) is 23.2 Å². The highest BCUT2D eigenvalue weighted by Gasteiger charge is 2.31. The van der Waals surface area contributed by atoms with Gasteiger partial charge in [0.25, 0.3) is 0 Å². The molecule has 0 saturated carbocycles. The van der Waals surface area contributed by atoms with Crippen LogP contribution in [0.1, 0.15) is 19.4 Å². The molecule has 0 spiro atoms. The second kappa shape index (κ2) is 5.56. The number of hydrogen-bond donors (Lipinski definition) is 2. The molecule has 106 valence electrons. The van der Waals surface area contributed by atoms with Gasteiger partial charge in [-0.05, 0) is 24.1 Å². The molecule has 0 aromatic heterocycles. The quantitative estimate of drug-likeness (QED) is 0.835. The number of alkyl halides is 3. The Morgan fingerprint density at radius 2 is 1.84 bits per heavy atom. The summed E-state index contributed by atoms with van der Waals surface area (Å²) in [6.07, 6.45) is -4.68. The lowest BCUT2D eigenvalue weighted by Gasteiger charge is -2.16. The summed E-state index contributed by atoms with van der Waals surface area (Å²) in [6, 6.07) is 0.948. The minimum atomic E-state index is -4.68. The zero-order valence-corrected chi connectivity index (χ0v) is 10.4. The van der Waals surface area contributed by atoms with Gasteiger partial charge in [0, 0.05) is 5.69 Å². The van der Waals surface area contributed by atoms with E-state index in [1.165, 1.54) is 0 Å². The zero-order chi connectivity index (χ0) is 14.8. The highest BCUT2D eigenvalue weighted by atomic mass is 19.4. The molecule has 0 aliphatic rings. The van der Waals surface area contributed by atoms with Crippen molar-refractivity contribution >= 4 is 11.6 Å². The third-order valence-corrected chi connectivity index (χ3v) is 2.51. The molecule has 0 saturated heterocycles. The van der Waals surface area contributed by atoms with E-state index in [4.69, 9.17) is 5.73 Å². The monoisotopic (exact) mass is 278 g/mol. The van der Waals surface area contributed by atoms with Crippen molar-refractivity contribution in [2.75, 3.05) is 5.32 Å². The number of anilines is 1. The Kier molecular flexibility index (Phi) is 4.52. The molecular weight excluding hydrogens is 264 g/mol. The van der Waals surface area contributed by atoms with Crippen LogP contribution in [0, 0.1) is 11.7 Å². The van der Waals surface area contributed by atoms with E-state index in [1.807, 2.05) is 0 Å². The van der Waals surface area contributed by atoms with Gasteiger partial charge >= 0.3 is 6.18 Å². The fourth-order valence-electron chi connectivity index (χ4n) is 1.35. The molecular formula is C12H14F4N2O. The first-order chi connectivity index (χ1) is 8.61. The van der Waals surface area contributed by atoms with Crippen LogP contribution in [0.3, 0.4) is 0 Å². The normalized spacial score (nSPS) is 13.5. The van der Waals surface area contributed by atoms with Crippen LogP contribution in [0.2, 0.25) is 0 Å². The van der Waals surface area contributed by atoms with Crippen molar-refractivity contribution in [2.45, 2.75) is 26.1 Å². The van der Waals surface area contributed by atoms with Gasteiger partial charge in [0.15, 0.2) is 0 Å². The Morgan fingerprint density at radius 3 is 2.32 bits per heavy atom. The van der Waals surface area contributed by atoms with E-state index in [2.05, 4.69) is 5.32 Å². The third-order valence-electron chi connectivity index (χ3n) is 2.51. The van der Waals surface area contributed by atoms with Gasteiger partial charge in [0.1, 0.15) is 5.82 Å². The molecule has 0 aliphatic heterocycles. The predicted octanol–water partition coefficient (Wildman–Crippen LogP) is 2.77. The van der Waals surface area contributed by atoms with E-state index < -0.39 is 29.5 Å². The number of benzene rings is 1. The molecule has 3 N–H and O–H groups in total. The lowest BCUT2D eigenvalue weighted by atomic mass is 10.0. The Morgan fingerprint density at radius 1 is 1.26 bits per heavy atom. The van der Waals surface area contributed by atoms with E-state index in [-0.39, 0.29) is 11.6 Å². The maximum Gasteiger partial charge on any atom is 0.416 e. The number of nitrogens with one attached hydrogen (secondary N) is 1. The van der Waals surface area contributed by atoms with Gasteiger partial charge < -0.3 is 11.1 Å². The molecule has 1 amide bonds. The van der Waals surface area contributed by atoms with Gasteiger partial charge in [-0.2, -0.15) is 13.2 Å². The number of carbonyl (C=O) groups is 1. The highest BCUT2D eigenvalue weighted by molar-refractivity contribution is 5.94. The molecule has 19 heavy (non-hydrogen) atoms. The summed E-state index contributed by atoms with van der Waals surface area (Å²) in [5, 5.41) is 2.17. The van der Waals surface area contributed by atoms with Crippen molar-refractivity contribution in [3.63, 3.8) is 0 Å². The number of rotatable bonds is 3. The number of carbonyl (C=O) groups excluding carboxylic acids is 1. The van der Waals surface area contributed by atoms with Crippen LogP contribution in [0.5, 0.6) is 0 Å². The highest BCUT2D eigenvalue weighted by Crippen LogP contribution is 2.31. The van der Waals surface area contributed by atoms with E-state index >= 15 is 0 Å². The summed E-state index contributed by atoms with van der Waals surface area (Å²) in [5.74, 6) is -1.92. The molecule has 1 aromatic rings. The maximum absolute atomic E-state index is 13.1. The van der Waals surface area contributed by atoms with Gasteiger partial charge in [-0.25, -0.2) is 4.39 Å². The number of amides is 1. The van der Waals surface area contributed by atoms with Crippen molar-refractivity contribution < 1.29 is 22.4 Å². The van der Waals surface area contributed by atoms with Gasteiger partial charge in [-0.3, -0.25) is 4.79 Å². The summed E-state index contributed by atoms with van der Waals surface area (Å²) < 4.78 is 50.5. The van der Waals surface area contributed by atoms with E-state index in [0.717, 1.165) is 6.07 Å². The largest absolute Gasteiger partial charge is 0.416 e. The molecule has 0 bridgehead atoms. The summed E-state index contributed by atoms with van der Waals surface area (Å²) in [7, 11) is 0. The smallest absolute Gasteiger partial charge is 0.325 e. The number of hydrogen-bond acceptors (Lipinski definition) is 2. The van der Waals surface area contributed by atoms with Crippen molar-refractivity contribution in [1.82, 2.24) is 0 Å². The minimum absolute atomic E-state index is 0.185.